The number of nitrogens with zero attached hydrogens (tertiary/aromatic N) is 1. The van der Waals surface area contributed by atoms with Gasteiger partial charge in [0.1, 0.15) is 5.75 Å². The van der Waals surface area contributed by atoms with Crippen molar-refractivity contribution >= 4 is 31.4 Å². The van der Waals surface area contributed by atoms with Gasteiger partial charge in [-0.1, -0.05) is 6.92 Å². The minimum atomic E-state index is -3.48. The van der Waals surface area contributed by atoms with Crippen molar-refractivity contribution < 1.29 is 21.6 Å². The summed E-state index contributed by atoms with van der Waals surface area (Å²) in [6, 6.07) is 4.67. The van der Waals surface area contributed by atoms with E-state index in [-0.39, 0.29) is 17.2 Å². The number of nitrogens with one attached hydrogen (secondary N) is 1. The standard InChI is InChI=1S/C13H20N2O5S2/c1-3-8-21(16,17)14-12-10-11(5-6-13(12)20-2)15-7-4-9-22(15,18)19/h5-6,10,14H,3-4,7-9H2,1-2H3. The van der Waals surface area contributed by atoms with E-state index >= 15 is 0 Å². The van der Waals surface area contributed by atoms with E-state index in [2.05, 4.69) is 4.72 Å². The maximum atomic E-state index is 12.0. The topological polar surface area (TPSA) is 92.8 Å². The van der Waals surface area contributed by atoms with Gasteiger partial charge in [0.2, 0.25) is 20.0 Å². The molecule has 1 N–H and O–H groups in total. The molecule has 22 heavy (non-hydrogen) atoms. The van der Waals surface area contributed by atoms with Gasteiger partial charge in [-0.05, 0) is 31.0 Å². The SMILES string of the molecule is CCCS(=O)(=O)Nc1cc(N2CCCS2(=O)=O)ccc1OC. The molecular weight excluding hydrogens is 328 g/mol. The van der Waals surface area contributed by atoms with Crippen LogP contribution in [0.5, 0.6) is 5.75 Å². The lowest BCUT2D eigenvalue weighted by molar-refractivity contribution is 0.417. The first-order valence-corrected chi connectivity index (χ1v) is 10.2. The van der Waals surface area contributed by atoms with Crippen LogP contribution in [-0.4, -0.2) is 42.0 Å². The van der Waals surface area contributed by atoms with Crippen molar-refractivity contribution in [1.82, 2.24) is 0 Å². The number of hydrogen-bond acceptors (Lipinski definition) is 5. The number of sulfonamides is 2. The molecule has 0 radical (unpaired) electrons. The summed E-state index contributed by atoms with van der Waals surface area (Å²) < 4.78 is 56.7. The molecule has 1 aliphatic rings. The molecular formula is C13H20N2O5S2. The third-order valence-corrected chi connectivity index (χ3v) is 6.65. The highest BCUT2D eigenvalue weighted by molar-refractivity contribution is 7.93. The van der Waals surface area contributed by atoms with Crippen LogP contribution in [0, 0.1) is 0 Å². The molecule has 9 heteroatoms. The first-order chi connectivity index (χ1) is 10.3. The molecule has 1 aromatic carbocycles. The van der Waals surface area contributed by atoms with Crippen molar-refractivity contribution in [3.63, 3.8) is 0 Å². The zero-order valence-corrected chi connectivity index (χ0v) is 14.2. The molecule has 7 nitrogen and oxygen atoms in total. The molecule has 2 rings (SSSR count). The van der Waals surface area contributed by atoms with Crippen molar-refractivity contribution in [2.45, 2.75) is 19.8 Å². The van der Waals surface area contributed by atoms with Crippen LogP contribution in [0.2, 0.25) is 0 Å². The highest BCUT2D eigenvalue weighted by Gasteiger charge is 2.29. The summed E-state index contributed by atoms with van der Waals surface area (Å²) in [5.74, 6) is 0.443. The summed E-state index contributed by atoms with van der Waals surface area (Å²) >= 11 is 0. The summed E-state index contributed by atoms with van der Waals surface area (Å²) in [5, 5.41) is 0. The fourth-order valence-corrected chi connectivity index (χ4v) is 5.04. The maximum Gasteiger partial charge on any atom is 0.235 e. The van der Waals surface area contributed by atoms with Crippen LogP contribution in [0.15, 0.2) is 18.2 Å². The van der Waals surface area contributed by atoms with Crippen LogP contribution in [0.4, 0.5) is 11.4 Å². The van der Waals surface area contributed by atoms with E-state index in [0.717, 1.165) is 0 Å². The number of ether oxygens (including phenoxy) is 1. The highest BCUT2D eigenvalue weighted by atomic mass is 32.2. The molecule has 1 aliphatic heterocycles. The van der Waals surface area contributed by atoms with Gasteiger partial charge in [-0.3, -0.25) is 9.03 Å². The highest BCUT2D eigenvalue weighted by Crippen LogP contribution is 2.33. The van der Waals surface area contributed by atoms with Crippen molar-refractivity contribution in [2.24, 2.45) is 0 Å². The van der Waals surface area contributed by atoms with Gasteiger partial charge in [0, 0.05) is 6.54 Å². The van der Waals surface area contributed by atoms with E-state index in [1.54, 1.807) is 19.1 Å². The smallest absolute Gasteiger partial charge is 0.235 e. The van der Waals surface area contributed by atoms with Crippen molar-refractivity contribution in [1.29, 1.82) is 0 Å². The maximum absolute atomic E-state index is 12.0. The van der Waals surface area contributed by atoms with Crippen LogP contribution in [0.1, 0.15) is 19.8 Å². The third kappa shape index (κ3) is 3.64. The molecule has 0 aromatic heterocycles. The van der Waals surface area contributed by atoms with Gasteiger partial charge in [0.25, 0.3) is 0 Å². The molecule has 0 atom stereocenters. The lowest BCUT2D eigenvalue weighted by Gasteiger charge is -2.19. The predicted octanol–water partition coefficient (Wildman–Crippen LogP) is 1.39. The Bertz CT molecular complexity index is 744. The van der Waals surface area contributed by atoms with Gasteiger partial charge >= 0.3 is 0 Å². The van der Waals surface area contributed by atoms with E-state index in [0.29, 0.717) is 30.8 Å². The molecule has 124 valence electrons. The molecule has 0 saturated carbocycles. The second-order valence-corrected chi connectivity index (χ2v) is 8.90. The molecule has 0 unspecified atom stereocenters. The molecule has 1 heterocycles. The average Bonchev–Trinajstić information content (AvgIpc) is 2.77. The number of hydrogen-bond donors (Lipinski definition) is 1. The molecule has 1 aromatic rings. The van der Waals surface area contributed by atoms with Gasteiger partial charge in [-0.15, -0.1) is 0 Å². The normalized spacial score (nSPS) is 17.5. The quantitative estimate of drug-likeness (QED) is 0.838. The first-order valence-electron chi connectivity index (χ1n) is 6.98. The minimum Gasteiger partial charge on any atom is -0.495 e. The Morgan fingerprint density at radius 1 is 1.36 bits per heavy atom. The van der Waals surface area contributed by atoms with Gasteiger partial charge in [0.15, 0.2) is 0 Å². The van der Waals surface area contributed by atoms with Gasteiger partial charge in [-0.25, -0.2) is 16.8 Å². The van der Waals surface area contributed by atoms with Crippen LogP contribution >= 0.6 is 0 Å². The first kappa shape index (κ1) is 16.9. The van der Waals surface area contributed by atoms with Crippen molar-refractivity contribution in [2.75, 3.05) is 34.2 Å². The van der Waals surface area contributed by atoms with Crippen LogP contribution < -0.4 is 13.8 Å². The van der Waals surface area contributed by atoms with E-state index in [4.69, 9.17) is 4.74 Å². The summed E-state index contributed by atoms with van der Waals surface area (Å²) in [6.45, 7) is 2.17. The Morgan fingerprint density at radius 3 is 2.64 bits per heavy atom. The van der Waals surface area contributed by atoms with Crippen LogP contribution in [0.3, 0.4) is 0 Å². The molecule has 0 spiro atoms. The summed E-state index contributed by atoms with van der Waals surface area (Å²) in [7, 11) is -5.37. The Hall–Kier alpha value is -1.48. The number of benzene rings is 1. The fourth-order valence-electron chi connectivity index (χ4n) is 2.35. The Kier molecular flexibility index (Phi) is 4.86. The van der Waals surface area contributed by atoms with Crippen LogP contribution in [0.25, 0.3) is 0 Å². The Labute approximate surface area is 131 Å². The molecule has 0 bridgehead atoms. The zero-order chi connectivity index (χ0) is 16.4. The average molecular weight is 348 g/mol. The number of methoxy groups -OCH3 is 1. The summed E-state index contributed by atoms with van der Waals surface area (Å²) in [5.41, 5.74) is 0.683. The Balaban J connectivity index is 2.39. The van der Waals surface area contributed by atoms with E-state index in [9.17, 15) is 16.8 Å². The fraction of sp³-hybridized carbons (Fsp3) is 0.538. The van der Waals surface area contributed by atoms with Crippen molar-refractivity contribution in [3.8, 4) is 5.75 Å². The van der Waals surface area contributed by atoms with Crippen molar-refractivity contribution in [3.05, 3.63) is 18.2 Å². The van der Waals surface area contributed by atoms with E-state index < -0.39 is 20.0 Å². The summed E-state index contributed by atoms with van der Waals surface area (Å²) in [4.78, 5) is 0. The van der Waals surface area contributed by atoms with Gasteiger partial charge in [-0.2, -0.15) is 0 Å². The minimum absolute atomic E-state index is 0.0115. The third-order valence-electron chi connectivity index (χ3n) is 3.31. The lowest BCUT2D eigenvalue weighted by Crippen LogP contribution is -2.25. The lowest BCUT2D eigenvalue weighted by atomic mass is 10.2. The Morgan fingerprint density at radius 2 is 2.09 bits per heavy atom. The second-order valence-electron chi connectivity index (χ2n) is 5.05. The molecule has 0 aliphatic carbocycles. The zero-order valence-electron chi connectivity index (χ0n) is 12.6. The van der Waals surface area contributed by atoms with Crippen LogP contribution in [-0.2, 0) is 20.0 Å². The van der Waals surface area contributed by atoms with Gasteiger partial charge < -0.3 is 4.74 Å². The second kappa shape index (κ2) is 6.33. The van der Waals surface area contributed by atoms with E-state index in [1.807, 2.05) is 0 Å². The monoisotopic (exact) mass is 348 g/mol. The predicted molar refractivity (Wildman–Crippen MR) is 86.4 cm³/mol. The molecule has 1 fully saturated rings. The largest absolute Gasteiger partial charge is 0.495 e. The molecule has 1 saturated heterocycles. The summed E-state index contributed by atoms with van der Waals surface area (Å²) in [6.07, 6.45) is 1.04. The number of rotatable bonds is 6. The number of anilines is 2. The molecule has 0 amide bonds. The van der Waals surface area contributed by atoms with Gasteiger partial charge in [0.05, 0.1) is 30.0 Å². The van der Waals surface area contributed by atoms with E-state index in [1.165, 1.54) is 17.5 Å².